The number of benzene rings is 2. The standard InChI is InChI=1S/C34H40F3N7O2/c1-22-16-33(17-22,32-40-39-21-42(32)4)24-7-5-8-25(15-24)44-20-28-27(31(44)46)13-23(14-29(28)34(35,36)37)18-38-19-26-10-12-43(26)30(45)9-6-11-41(2)3/h5-9,13-15,21-22,26,38H,10-12,16-20H2,1-4H3/b9-6+/t22?,26-,33?/m0/s1. The topological polar surface area (TPSA) is 86.6 Å². The van der Waals surface area contributed by atoms with Crippen LogP contribution in [0.25, 0.3) is 0 Å². The van der Waals surface area contributed by atoms with Gasteiger partial charge in [-0.15, -0.1) is 10.2 Å². The molecule has 12 heteroatoms. The Morgan fingerprint density at radius 1 is 1.20 bits per heavy atom. The first-order chi connectivity index (χ1) is 21.9. The predicted molar refractivity (Wildman–Crippen MR) is 168 cm³/mol. The summed E-state index contributed by atoms with van der Waals surface area (Å²) in [5.74, 6) is 0.804. The number of fused-ring (bicyclic) bond motifs is 1. The molecule has 1 aliphatic carbocycles. The second-order valence-corrected chi connectivity index (χ2v) is 13.2. The van der Waals surface area contributed by atoms with Crippen LogP contribution >= 0.6 is 0 Å². The van der Waals surface area contributed by atoms with Crippen LogP contribution in [0.1, 0.15) is 64.6 Å². The molecule has 3 aliphatic rings. The highest BCUT2D eigenvalue weighted by atomic mass is 19.4. The van der Waals surface area contributed by atoms with E-state index >= 15 is 0 Å². The van der Waals surface area contributed by atoms with Crippen molar-refractivity contribution in [2.45, 2.75) is 56.9 Å². The van der Waals surface area contributed by atoms with Gasteiger partial charge in [-0.25, -0.2) is 0 Å². The Hall–Kier alpha value is -4.03. The smallest absolute Gasteiger partial charge is 0.335 e. The molecular formula is C34H40F3N7O2. The molecule has 1 atom stereocenters. The Labute approximate surface area is 267 Å². The first kappa shape index (κ1) is 31.9. The van der Waals surface area contributed by atoms with Crippen LogP contribution in [0.15, 0.2) is 54.9 Å². The summed E-state index contributed by atoms with van der Waals surface area (Å²) < 4.78 is 45.0. The van der Waals surface area contributed by atoms with E-state index in [0.29, 0.717) is 36.8 Å². The van der Waals surface area contributed by atoms with Crippen molar-refractivity contribution in [3.8, 4) is 0 Å². The van der Waals surface area contributed by atoms with Crippen LogP contribution in [0.3, 0.4) is 0 Å². The van der Waals surface area contributed by atoms with Gasteiger partial charge < -0.3 is 24.6 Å². The van der Waals surface area contributed by atoms with Gasteiger partial charge in [0.2, 0.25) is 5.91 Å². The quantitative estimate of drug-likeness (QED) is 0.330. The van der Waals surface area contributed by atoms with Crippen molar-refractivity contribution in [1.82, 2.24) is 29.9 Å². The zero-order valence-electron chi connectivity index (χ0n) is 26.6. The first-order valence-corrected chi connectivity index (χ1v) is 15.7. The molecule has 9 nitrogen and oxygen atoms in total. The molecule has 1 saturated heterocycles. The van der Waals surface area contributed by atoms with Gasteiger partial charge in [0.05, 0.1) is 17.5 Å². The Balaban J connectivity index is 1.19. The minimum Gasteiger partial charge on any atom is -0.335 e. The van der Waals surface area contributed by atoms with Crippen molar-refractivity contribution in [2.75, 3.05) is 38.6 Å². The molecule has 1 aromatic heterocycles. The maximum absolute atomic E-state index is 14.4. The summed E-state index contributed by atoms with van der Waals surface area (Å²) in [6, 6.07) is 10.2. The second kappa shape index (κ2) is 12.3. The zero-order valence-corrected chi connectivity index (χ0v) is 26.6. The Bertz CT molecular complexity index is 1660. The molecule has 0 bridgehead atoms. The fraction of sp³-hybridized carbons (Fsp3) is 0.471. The molecule has 2 amide bonds. The van der Waals surface area contributed by atoms with Gasteiger partial charge in [-0.2, -0.15) is 13.2 Å². The lowest BCUT2D eigenvalue weighted by Gasteiger charge is -2.46. The van der Waals surface area contributed by atoms with Gasteiger partial charge in [-0.1, -0.05) is 25.1 Å². The van der Waals surface area contributed by atoms with Gasteiger partial charge in [0.25, 0.3) is 5.91 Å². The van der Waals surface area contributed by atoms with Crippen LogP contribution < -0.4 is 10.2 Å². The number of nitrogens with one attached hydrogen (secondary N) is 1. The van der Waals surface area contributed by atoms with E-state index in [2.05, 4.69) is 22.4 Å². The number of aromatic nitrogens is 3. The van der Waals surface area contributed by atoms with E-state index in [1.165, 1.54) is 4.90 Å². The van der Waals surface area contributed by atoms with Gasteiger partial charge in [-0.3, -0.25) is 9.59 Å². The van der Waals surface area contributed by atoms with E-state index in [9.17, 15) is 22.8 Å². The van der Waals surface area contributed by atoms with Gasteiger partial charge in [-0.05, 0) is 80.2 Å². The van der Waals surface area contributed by atoms with Crippen molar-refractivity contribution >= 4 is 17.5 Å². The molecule has 2 aromatic carbocycles. The largest absolute Gasteiger partial charge is 0.416 e. The highest BCUT2D eigenvalue weighted by Crippen LogP contribution is 2.52. The highest BCUT2D eigenvalue weighted by Gasteiger charge is 2.48. The van der Waals surface area contributed by atoms with Crippen molar-refractivity contribution in [2.24, 2.45) is 13.0 Å². The molecule has 0 spiro atoms. The fourth-order valence-electron chi connectivity index (χ4n) is 7.18. The molecule has 3 aromatic rings. The van der Waals surface area contributed by atoms with E-state index in [4.69, 9.17) is 0 Å². The predicted octanol–water partition coefficient (Wildman–Crippen LogP) is 4.52. The van der Waals surface area contributed by atoms with E-state index in [1.807, 2.05) is 54.9 Å². The molecule has 3 heterocycles. The monoisotopic (exact) mass is 635 g/mol. The number of likely N-dealkylation sites (tertiary alicyclic amines) is 1. The number of carbonyl (C=O) groups excluding carboxylic acids is 2. The van der Waals surface area contributed by atoms with Gasteiger partial charge in [0, 0.05) is 56.6 Å². The minimum absolute atomic E-state index is 0.00721. The van der Waals surface area contributed by atoms with Crippen LogP contribution in [0.2, 0.25) is 0 Å². The number of aryl methyl sites for hydroxylation is 1. The third kappa shape index (κ3) is 5.95. The third-order valence-electron chi connectivity index (χ3n) is 9.52. The van der Waals surface area contributed by atoms with E-state index in [0.717, 1.165) is 36.7 Å². The summed E-state index contributed by atoms with van der Waals surface area (Å²) >= 11 is 0. The molecule has 6 rings (SSSR count). The number of halogens is 3. The number of carbonyl (C=O) groups is 2. The van der Waals surface area contributed by atoms with E-state index < -0.39 is 17.6 Å². The summed E-state index contributed by atoms with van der Waals surface area (Å²) in [6.45, 7) is 3.92. The number of alkyl halides is 3. The SMILES string of the molecule is CC1CC(c2cccc(N3Cc4c(cc(CNC[C@@H]5CCN5C(=O)/C=C/CN(C)C)cc4C(F)(F)F)C3=O)c2)(c2nncn2C)C1. The van der Waals surface area contributed by atoms with E-state index in [1.54, 1.807) is 29.4 Å². The van der Waals surface area contributed by atoms with E-state index in [-0.39, 0.29) is 41.6 Å². The Morgan fingerprint density at radius 3 is 2.61 bits per heavy atom. The molecule has 2 fully saturated rings. The maximum Gasteiger partial charge on any atom is 0.416 e. The second-order valence-electron chi connectivity index (χ2n) is 13.2. The lowest BCUT2D eigenvalue weighted by molar-refractivity contribution is -0.138. The molecule has 1 N–H and O–H groups in total. The molecule has 46 heavy (non-hydrogen) atoms. The minimum atomic E-state index is -4.62. The van der Waals surface area contributed by atoms with Crippen molar-refractivity contribution in [3.63, 3.8) is 0 Å². The van der Waals surface area contributed by atoms with Crippen LogP contribution in [-0.2, 0) is 36.5 Å². The third-order valence-corrected chi connectivity index (χ3v) is 9.52. The number of nitrogens with zero attached hydrogens (tertiary/aromatic N) is 6. The number of hydrogen-bond acceptors (Lipinski definition) is 6. The molecule has 244 valence electrons. The molecular weight excluding hydrogens is 595 g/mol. The first-order valence-electron chi connectivity index (χ1n) is 15.7. The summed E-state index contributed by atoms with van der Waals surface area (Å²) in [5.41, 5.74) is 0.820. The van der Waals surface area contributed by atoms with Gasteiger partial charge in [0.1, 0.15) is 12.2 Å². The van der Waals surface area contributed by atoms with Crippen LogP contribution in [0.4, 0.5) is 18.9 Å². The molecule has 2 aliphatic heterocycles. The van der Waals surface area contributed by atoms with Crippen LogP contribution in [0.5, 0.6) is 0 Å². The lowest BCUT2D eigenvalue weighted by atomic mass is 9.58. The Kier molecular flexibility index (Phi) is 8.53. The normalized spacial score (nSPS) is 22.8. The summed E-state index contributed by atoms with van der Waals surface area (Å²) in [4.78, 5) is 31.4. The summed E-state index contributed by atoms with van der Waals surface area (Å²) in [5, 5.41) is 11.7. The highest BCUT2D eigenvalue weighted by molar-refractivity contribution is 6.10. The summed E-state index contributed by atoms with van der Waals surface area (Å²) in [6.07, 6.45) is 2.99. The number of hydrogen-bond donors (Lipinski definition) is 1. The number of rotatable bonds is 10. The van der Waals surface area contributed by atoms with Crippen molar-refractivity contribution < 1.29 is 22.8 Å². The number of amides is 2. The van der Waals surface area contributed by atoms with Gasteiger partial charge in [0.15, 0.2) is 0 Å². The number of anilines is 1. The average molecular weight is 636 g/mol. The Morgan fingerprint density at radius 2 is 1.98 bits per heavy atom. The maximum atomic E-state index is 14.4. The molecule has 0 unspecified atom stereocenters. The van der Waals surface area contributed by atoms with Crippen molar-refractivity contribution in [1.29, 1.82) is 0 Å². The van der Waals surface area contributed by atoms with Crippen LogP contribution in [0, 0.1) is 5.92 Å². The summed E-state index contributed by atoms with van der Waals surface area (Å²) in [7, 11) is 5.75. The van der Waals surface area contributed by atoms with Crippen molar-refractivity contribution in [3.05, 3.63) is 88.5 Å². The van der Waals surface area contributed by atoms with Crippen LogP contribution in [-0.4, -0.2) is 76.2 Å². The fourth-order valence-corrected chi connectivity index (χ4v) is 7.18. The zero-order chi connectivity index (χ0) is 32.8. The molecule has 1 saturated carbocycles. The van der Waals surface area contributed by atoms with Gasteiger partial charge >= 0.3 is 6.18 Å². The molecule has 0 radical (unpaired) electrons. The average Bonchev–Trinajstić information content (AvgIpc) is 3.54. The lowest BCUT2D eigenvalue weighted by Crippen LogP contribution is -2.54. The number of likely N-dealkylation sites (N-methyl/N-ethyl adjacent to an activating group) is 1.